The summed E-state index contributed by atoms with van der Waals surface area (Å²) < 4.78 is 26.8. The van der Waals surface area contributed by atoms with Gasteiger partial charge in [0.1, 0.15) is 11.6 Å². The number of nitrogen functional groups attached to an aromatic ring is 1. The van der Waals surface area contributed by atoms with Crippen molar-refractivity contribution in [2.24, 2.45) is 0 Å². The maximum atomic E-state index is 15.8. The monoisotopic (exact) mass is 589 g/mol. The molecule has 0 atom stereocenters. The van der Waals surface area contributed by atoms with Gasteiger partial charge in [-0.3, -0.25) is 9.69 Å². The molecule has 1 amide bonds. The van der Waals surface area contributed by atoms with Gasteiger partial charge in [0.05, 0.1) is 37.8 Å². The molecular weight excluding hydrogens is 553 g/mol. The average molecular weight is 590 g/mol. The zero-order valence-corrected chi connectivity index (χ0v) is 24.1. The van der Waals surface area contributed by atoms with E-state index in [0.717, 1.165) is 50.3 Å². The number of likely N-dealkylation sites (tertiary alicyclic amines) is 1. The molecule has 226 valence electrons. The van der Waals surface area contributed by atoms with Crippen molar-refractivity contribution in [3.8, 4) is 11.3 Å². The molecule has 43 heavy (non-hydrogen) atoms. The number of hydrogen-bond donors (Lipinski definition) is 1. The highest BCUT2D eigenvalue weighted by molar-refractivity contribution is 5.95. The van der Waals surface area contributed by atoms with Gasteiger partial charge >= 0.3 is 0 Å². The number of ether oxygens (including phenoxy) is 2. The number of halogens is 1. The first-order valence-corrected chi connectivity index (χ1v) is 15.0. The third kappa shape index (κ3) is 5.59. The quantitative estimate of drug-likeness (QED) is 0.470. The average Bonchev–Trinajstić information content (AvgIpc) is 3.49. The van der Waals surface area contributed by atoms with Gasteiger partial charge in [-0.15, -0.1) is 0 Å². The van der Waals surface area contributed by atoms with Crippen molar-refractivity contribution in [1.82, 2.24) is 29.7 Å². The largest absolute Gasteiger partial charge is 0.379 e. The molecule has 4 aliphatic heterocycles. The Morgan fingerprint density at radius 1 is 0.907 bits per heavy atom. The van der Waals surface area contributed by atoms with E-state index in [1.54, 1.807) is 24.5 Å². The van der Waals surface area contributed by atoms with Crippen LogP contribution in [-0.2, 0) is 15.9 Å². The molecule has 0 radical (unpaired) electrons. The Balaban J connectivity index is 1.13. The van der Waals surface area contributed by atoms with Crippen LogP contribution in [0, 0.1) is 5.82 Å². The van der Waals surface area contributed by atoms with Crippen LogP contribution in [0.1, 0.15) is 28.8 Å². The van der Waals surface area contributed by atoms with E-state index in [-0.39, 0.29) is 11.9 Å². The minimum atomic E-state index is -0.453. The summed E-state index contributed by atoms with van der Waals surface area (Å²) in [6.07, 6.45) is 5.77. The van der Waals surface area contributed by atoms with E-state index in [2.05, 4.69) is 19.8 Å². The topological polar surface area (TPSA) is 126 Å². The molecule has 0 aliphatic carbocycles. The number of aromatic nitrogens is 4. The summed E-state index contributed by atoms with van der Waals surface area (Å²) in [6, 6.07) is 5.26. The fourth-order valence-electron chi connectivity index (χ4n) is 6.50. The van der Waals surface area contributed by atoms with Crippen LogP contribution >= 0.6 is 0 Å². The maximum Gasteiger partial charge on any atom is 0.253 e. The molecule has 0 spiro atoms. The molecule has 0 bridgehead atoms. The Kier molecular flexibility index (Phi) is 7.76. The number of rotatable bonds is 5. The Morgan fingerprint density at radius 3 is 2.30 bits per heavy atom. The van der Waals surface area contributed by atoms with Crippen LogP contribution in [0.4, 0.5) is 27.8 Å². The number of amides is 1. The second kappa shape index (κ2) is 12.0. The van der Waals surface area contributed by atoms with Crippen LogP contribution in [0.2, 0.25) is 0 Å². The summed E-state index contributed by atoms with van der Waals surface area (Å²) in [5, 5.41) is 0. The van der Waals surface area contributed by atoms with E-state index in [1.807, 2.05) is 9.80 Å². The van der Waals surface area contributed by atoms with Gasteiger partial charge in [0.2, 0.25) is 11.9 Å². The molecule has 3 saturated heterocycles. The third-order valence-electron chi connectivity index (χ3n) is 8.85. The molecular formula is C30H36FN9O3. The zero-order chi connectivity index (χ0) is 29.3. The number of carbonyl (C=O) groups excluding carboxylic acids is 1. The number of nitrogens with two attached hydrogens (primary N) is 1. The first kappa shape index (κ1) is 27.9. The summed E-state index contributed by atoms with van der Waals surface area (Å²) in [5.74, 6) is 0.795. The van der Waals surface area contributed by atoms with Crippen LogP contribution in [-0.4, -0.2) is 114 Å². The maximum absolute atomic E-state index is 15.8. The Hall–Kier alpha value is -3.94. The van der Waals surface area contributed by atoms with Crippen LogP contribution in [0.15, 0.2) is 30.6 Å². The molecule has 3 fully saturated rings. The van der Waals surface area contributed by atoms with Crippen molar-refractivity contribution in [1.29, 1.82) is 0 Å². The predicted molar refractivity (Wildman–Crippen MR) is 159 cm³/mol. The van der Waals surface area contributed by atoms with E-state index < -0.39 is 5.82 Å². The van der Waals surface area contributed by atoms with Crippen molar-refractivity contribution in [2.75, 3.05) is 87.8 Å². The molecule has 6 heterocycles. The van der Waals surface area contributed by atoms with Crippen LogP contribution in [0.25, 0.3) is 11.3 Å². The zero-order valence-electron chi connectivity index (χ0n) is 24.1. The van der Waals surface area contributed by atoms with Crippen LogP contribution in [0.3, 0.4) is 0 Å². The predicted octanol–water partition coefficient (Wildman–Crippen LogP) is 2.12. The molecule has 4 aliphatic rings. The van der Waals surface area contributed by atoms with Crippen molar-refractivity contribution < 1.29 is 18.7 Å². The number of hydrogen-bond acceptors (Lipinski definition) is 11. The first-order valence-electron chi connectivity index (χ1n) is 15.0. The standard InChI is InChI=1S/C30H36FN9O3/c31-24-17-20(28(41)38-6-3-22(4-7-38)37-9-13-42-14-10-37)1-2-25(24)40-8-5-23-26(21-18-33-29(32)34-19-21)35-30(36-27(23)40)39-11-15-43-16-12-39/h1-2,17-19,22H,3-16H2,(H2,32,33,34). The minimum absolute atomic E-state index is 0.129. The molecule has 7 rings (SSSR count). The van der Waals surface area contributed by atoms with E-state index in [0.29, 0.717) is 87.1 Å². The van der Waals surface area contributed by atoms with Crippen LogP contribution in [0.5, 0.6) is 0 Å². The van der Waals surface area contributed by atoms with E-state index in [9.17, 15) is 4.79 Å². The Bertz CT molecular complexity index is 1470. The molecule has 12 nitrogen and oxygen atoms in total. The number of carbonyl (C=O) groups is 1. The normalized spacial score (nSPS) is 20.0. The number of nitrogens with zero attached hydrogens (tertiary/aromatic N) is 8. The Labute approximate surface area is 249 Å². The smallest absolute Gasteiger partial charge is 0.253 e. The van der Waals surface area contributed by atoms with Gasteiger partial charge in [0, 0.05) is 80.9 Å². The van der Waals surface area contributed by atoms with Crippen molar-refractivity contribution in [3.63, 3.8) is 0 Å². The number of fused-ring (bicyclic) bond motifs is 1. The number of piperidine rings is 1. The van der Waals surface area contributed by atoms with Gasteiger partial charge in [-0.2, -0.15) is 4.98 Å². The lowest BCUT2D eigenvalue weighted by Gasteiger charge is -2.40. The van der Waals surface area contributed by atoms with Crippen molar-refractivity contribution in [2.45, 2.75) is 25.3 Å². The molecule has 0 saturated carbocycles. The summed E-state index contributed by atoms with van der Waals surface area (Å²) >= 11 is 0. The van der Waals surface area contributed by atoms with E-state index in [4.69, 9.17) is 25.2 Å². The lowest BCUT2D eigenvalue weighted by molar-refractivity contribution is 0.00158. The number of anilines is 4. The van der Waals surface area contributed by atoms with Crippen molar-refractivity contribution >= 4 is 29.3 Å². The van der Waals surface area contributed by atoms with Gasteiger partial charge in [0.25, 0.3) is 5.91 Å². The second-order valence-corrected chi connectivity index (χ2v) is 11.3. The molecule has 0 unspecified atom stereocenters. The van der Waals surface area contributed by atoms with Gasteiger partial charge in [0.15, 0.2) is 0 Å². The third-order valence-corrected chi connectivity index (χ3v) is 8.85. The number of benzene rings is 1. The summed E-state index contributed by atoms with van der Waals surface area (Å²) in [4.78, 5) is 39.8. The fourth-order valence-corrected chi connectivity index (χ4v) is 6.50. The highest BCUT2D eigenvalue weighted by Gasteiger charge is 2.32. The SMILES string of the molecule is Nc1ncc(-c2nc(N3CCOCC3)nc3c2CCN3c2ccc(C(=O)N3CCC(N4CCOCC4)CC3)cc2F)cn1. The lowest BCUT2D eigenvalue weighted by Crippen LogP contribution is -2.50. The lowest BCUT2D eigenvalue weighted by atomic mass is 10.0. The van der Waals surface area contributed by atoms with Gasteiger partial charge in [-0.1, -0.05) is 0 Å². The van der Waals surface area contributed by atoms with Gasteiger partial charge in [-0.25, -0.2) is 19.3 Å². The highest BCUT2D eigenvalue weighted by atomic mass is 19.1. The van der Waals surface area contributed by atoms with Crippen LogP contribution < -0.4 is 15.5 Å². The van der Waals surface area contributed by atoms with Gasteiger partial charge < -0.3 is 29.9 Å². The summed E-state index contributed by atoms with van der Waals surface area (Å²) in [5.41, 5.74) is 8.81. The highest BCUT2D eigenvalue weighted by Crippen LogP contribution is 2.40. The summed E-state index contributed by atoms with van der Waals surface area (Å²) in [6.45, 7) is 7.77. The molecule has 1 aromatic carbocycles. The molecule has 2 N–H and O–H groups in total. The van der Waals surface area contributed by atoms with E-state index in [1.165, 1.54) is 6.07 Å². The second-order valence-electron chi connectivity index (χ2n) is 11.3. The van der Waals surface area contributed by atoms with E-state index >= 15 is 4.39 Å². The Morgan fingerprint density at radius 2 is 1.60 bits per heavy atom. The number of morpholine rings is 2. The first-order chi connectivity index (χ1) is 21.0. The minimum Gasteiger partial charge on any atom is -0.379 e. The molecule has 2 aromatic heterocycles. The van der Waals surface area contributed by atoms with Crippen molar-refractivity contribution in [3.05, 3.63) is 47.5 Å². The molecule has 3 aromatic rings. The summed E-state index contributed by atoms with van der Waals surface area (Å²) in [7, 11) is 0. The van der Waals surface area contributed by atoms with Gasteiger partial charge in [-0.05, 0) is 37.5 Å². The fraction of sp³-hybridized carbons (Fsp3) is 0.500. The molecule has 13 heteroatoms.